The van der Waals surface area contributed by atoms with Gasteiger partial charge in [0.25, 0.3) is 0 Å². The molecule has 0 bridgehead atoms. The first-order valence-corrected chi connectivity index (χ1v) is 2.45. The third kappa shape index (κ3) is 5.87. The minimum atomic E-state index is -0.281. The van der Waals surface area contributed by atoms with Crippen molar-refractivity contribution in [2.75, 3.05) is 0 Å². The van der Waals surface area contributed by atoms with Crippen molar-refractivity contribution in [2.45, 2.75) is 13.8 Å². The van der Waals surface area contributed by atoms with E-state index in [1.807, 2.05) is 0 Å². The van der Waals surface area contributed by atoms with Crippen LogP contribution in [0.2, 0.25) is 0 Å². The molecule has 0 rings (SSSR count). The molecule has 0 aliphatic rings. The van der Waals surface area contributed by atoms with Gasteiger partial charge in [0.15, 0.2) is 0 Å². The van der Waals surface area contributed by atoms with Gasteiger partial charge in [0.2, 0.25) is 0 Å². The SMILES string of the molecule is CC(=O)O[C](C)=[Cr]. The second-order valence-electron chi connectivity index (χ2n) is 1.09. The maximum atomic E-state index is 9.99. The summed E-state index contributed by atoms with van der Waals surface area (Å²) in [5.41, 5.74) is 0. The van der Waals surface area contributed by atoms with E-state index in [4.69, 9.17) is 0 Å². The third-order valence-corrected chi connectivity index (χ3v) is 0.418. The Morgan fingerprint density at radius 3 is 2.00 bits per heavy atom. The van der Waals surface area contributed by atoms with Crippen molar-refractivity contribution in [3.63, 3.8) is 0 Å². The Labute approximate surface area is 50.4 Å². The molecule has 0 saturated heterocycles. The molecular formula is C4H6CrO2. The van der Waals surface area contributed by atoms with E-state index in [0.717, 1.165) is 0 Å². The first-order valence-electron chi connectivity index (χ1n) is 1.82. The fraction of sp³-hybridized carbons (Fsp3) is 0.500. The maximum absolute atomic E-state index is 9.99. The Morgan fingerprint density at radius 2 is 2.00 bits per heavy atom. The Bertz CT molecular complexity index is 85.9. The Hall–Kier alpha value is -0.128. The number of carbonyl (C=O) groups is 1. The molecule has 7 heavy (non-hydrogen) atoms. The van der Waals surface area contributed by atoms with Crippen LogP contribution < -0.4 is 0 Å². The van der Waals surface area contributed by atoms with Gasteiger partial charge in [-0.15, -0.1) is 0 Å². The Balaban J connectivity index is 3.32. The van der Waals surface area contributed by atoms with E-state index in [9.17, 15) is 4.79 Å². The topological polar surface area (TPSA) is 26.3 Å². The summed E-state index contributed by atoms with van der Waals surface area (Å²) in [6.45, 7) is 3.04. The molecule has 0 N–H and O–H groups in total. The summed E-state index contributed by atoms with van der Waals surface area (Å²) in [5.74, 6) is -0.281. The van der Waals surface area contributed by atoms with Gasteiger partial charge in [-0.1, -0.05) is 0 Å². The number of esters is 1. The van der Waals surface area contributed by atoms with Crippen molar-refractivity contribution in [3.05, 3.63) is 0 Å². The quantitative estimate of drug-likeness (QED) is 0.485. The molecule has 0 atom stereocenters. The fourth-order valence-corrected chi connectivity index (χ4v) is 0.386. The summed E-state index contributed by atoms with van der Waals surface area (Å²) in [7, 11) is 0. The van der Waals surface area contributed by atoms with Crippen LogP contribution in [-0.4, -0.2) is 10.5 Å². The predicted molar refractivity (Wildman–Crippen MR) is 22.4 cm³/mol. The van der Waals surface area contributed by atoms with Crippen LogP contribution in [0.4, 0.5) is 0 Å². The van der Waals surface area contributed by atoms with E-state index < -0.39 is 0 Å². The van der Waals surface area contributed by atoms with Crippen LogP contribution in [0.25, 0.3) is 0 Å². The zero-order valence-electron chi connectivity index (χ0n) is 4.22. The molecule has 0 aliphatic heterocycles. The van der Waals surface area contributed by atoms with Crippen molar-refractivity contribution >= 4 is 10.5 Å². The van der Waals surface area contributed by atoms with Gasteiger partial charge in [-0.25, -0.2) is 0 Å². The summed E-state index contributed by atoms with van der Waals surface area (Å²) >= 11 is 2.54. The molecule has 0 aromatic carbocycles. The average Bonchev–Trinajstić information content (AvgIpc) is 1.27. The summed E-state index contributed by atoms with van der Waals surface area (Å²) in [6.07, 6.45) is 0. The van der Waals surface area contributed by atoms with Gasteiger partial charge in [0, 0.05) is 0 Å². The summed E-state index contributed by atoms with van der Waals surface area (Å²) in [5, 5.41) is 0. The molecule has 0 unspecified atom stereocenters. The first-order chi connectivity index (χ1) is 3.13. The van der Waals surface area contributed by atoms with Gasteiger partial charge in [-0.2, -0.15) is 0 Å². The molecule has 0 amide bonds. The van der Waals surface area contributed by atoms with E-state index in [2.05, 4.69) is 20.6 Å². The number of hydrogen-bond donors (Lipinski definition) is 0. The van der Waals surface area contributed by atoms with Crippen LogP contribution in [0, 0.1) is 0 Å². The van der Waals surface area contributed by atoms with E-state index in [0.29, 0.717) is 4.57 Å². The van der Waals surface area contributed by atoms with Crippen molar-refractivity contribution < 1.29 is 25.4 Å². The Morgan fingerprint density at radius 1 is 1.57 bits per heavy atom. The fourth-order valence-electron chi connectivity index (χ4n) is 0.202. The molecular weight excluding hydrogens is 132 g/mol. The van der Waals surface area contributed by atoms with Crippen LogP contribution in [0.15, 0.2) is 0 Å². The van der Waals surface area contributed by atoms with Gasteiger partial charge in [-0.05, 0) is 0 Å². The second-order valence-corrected chi connectivity index (χ2v) is 1.98. The molecule has 0 fully saturated rings. The van der Waals surface area contributed by atoms with E-state index >= 15 is 0 Å². The minimum absolute atomic E-state index is 0.281. The van der Waals surface area contributed by atoms with Gasteiger partial charge in [0.05, 0.1) is 0 Å². The normalized spacial score (nSPS) is 7.71. The zero-order chi connectivity index (χ0) is 5.86. The number of hydrogen-bond acceptors (Lipinski definition) is 2. The summed E-state index contributed by atoms with van der Waals surface area (Å²) in [4.78, 5) is 9.99. The monoisotopic (exact) mass is 138 g/mol. The molecule has 40 valence electrons. The van der Waals surface area contributed by atoms with Gasteiger partial charge in [0.1, 0.15) is 0 Å². The van der Waals surface area contributed by atoms with Gasteiger partial charge in [-0.3, -0.25) is 0 Å². The van der Waals surface area contributed by atoms with Crippen molar-refractivity contribution in [1.29, 1.82) is 0 Å². The molecule has 0 radical (unpaired) electrons. The number of carbonyl (C=O) groups excluding carboxylic acids is 1. The van der Waals surface area contributed by atoms with Crippen molar-refractivity contribution in [3.8, 4) is 0 Å². The van der Waals surface area contributed by atoms with Crippen LogP contribution in [-0.2, 0) is 25.4 Å². The van der Waals surface area contributed by atoms with Crippen LogP contribution >= 0.6 is 0 Å². The third-order valence-electron chi connectivity index (χ3n) is 0.287. The molecule has 0 saturated carbocycles. The van der Waals surface area contributed by atoms with Crippen molar-refractivity contribution in [2.24, 2.45) is 0 Å². The summed E-state index contributed by atoms with van der Waals surface area (Å²) in [6, 6.07) is 0. The Kier molecular flexibility index (Phi) is 2.90. The molecule has 0 aliphatic carbocycles. The molecule has 2 nitrogen and oxygen atoms in total. The number of ether oxygens (including phenoxy) is 1. The molecule has 0 spiro atoms. The van der Waals surface area contributed by atoms with E-state index in [-0.39, 0.29) is 5.97 Å². The second kappa shape index (κ2) is 2.95. The van der Waals surface area contributed by atoms with Crippen LogP contribution in [0.1, 0.15) is 13.8 Å². The molecule has 3 heteroatoms. The standard InChI is InChI=1S/C4H6O2.Cr/c1-3-6-4(2)5;/h1-2H3;. The number of rotatable bonds is 1. The van der Waals surface area contributed by atoms with E-state index in [1.165, 1.54) is 6.92 Å². The van der Waals surface area contributed by atoms with Crippen molar-refractivity contribution in [1.82, 2.24) is 0 Å². The van der Waals surface area contributed by atoms with Gasteiger partial charge >= 0.3 is 49.8 Å². The summed E-state index contributed by atoms with van der Waals surface area (Å²) < 4.78 is 5.03. The zero-order valence-corrected chi connectivity index (χ0v) is 5.50. The average molecular weight is 138 g/mol. The molecule has 0 aromatic rings. The van der Waals surface area contributed by atoms with Gasteiger partial charge < -0.3 is 0 Å². The van der Waals surface area contributed by atoms with Crippen LogP contribution in [0.3, 0.4) is 0 Å². The molecule has 0 heterocycles. The van der Waals surface area contributed by atoms with Crippen LogP contribution in [0.5, 0.6) is 0 Å². The molecule has 0 aromatic heterocycles. The van der Waals surface area contributed by atoms with E-state index in [1.54, 1.807) is 6.92 Å². The first kappa shape index (κ1) is 6.87. The predicted octanol–water partition coefficient (Wildman–Crippen LogP) is 0.246.